The number of nitrogens with zero attached hydrogens (tertiary/aromatic N) is 2. The van der Waals surface area contributed by atoms with Crippen LogP contribution < -0.4 is 5.32 Å². The Kier molecular flexibility index (Phi) is 5.22. The summed E-state index contributed by atoms with van der Waals surface area (Å²) in [6, 6.07) is 5.20. The van der Waals surface area contributed by atoms with Crippen LogP contribution in [0.3, 0.4) is 0 Å². The lowest BCUT2D eigenvalue weighted by atomic mass is 9.96. The summed E-state index contributed by atoms with van der Waals surface area (Å²) in [5.74, 6) is 0.0142. The number of aliphatic hydroxyl groups is 1. The Morgan fingerprint density at radius 3 is 2.52 bits per heavy atom. The van der Waals surface area contributed by atoms with Crippen molar-refractivity contribution in [1.82, 2.24) is 15.3 Å². The third-order valence-electron chi connectivity index (χ3n) is 3.80. The molecule has 2 rings (SSSR count). The minimum Gasteiger partial charge on any atom is -0.391 e. The fourth-order valence-corrected chi connectivity index (χ4v) is 2.40. The zero-order chi connectivity index (χ0) is 15.2. The third kappa shape index (κ3) is 3.76. The number of carbonyl (C=O) groups is 1. The lowest BCUT2D eigenvalue weighted by molar-refractivity contribution is 0.0817. The number of hydrogen-bond acceptors (Lipinski definition) is 4. The van der Waals surface area contributed by atoms with Crippen LogP contribution in [0.15, 0.2) is 30.6 Å². The molecule has 1 unspecified atom stereocenters. The molecule has 1 aromatic heterocycles. The second-order valence-corrected chi connectivity index (χ2v) is 5.11. The van der Waals surface area contributed by atoms with Gasteiger partial charge in [-0.15, -0.1) is 0 Å². The lowest BCUT2D eigenvalue weighted by Gasteiger charge is -2.20. The molecule has 0 aliphatic heterocycles. The van der Waals surface area contributed by atoms with Gasteiger partial charge in [0.25, 0.3) is 5.91 Å². The van der Waals surface area contributed by atoms with Crippen molar-refractivity contribution >= 4 is 16.9 Å². The minimum absolute atomic E-state index is 0.201. The van der Waals surface area contributed by atoms with E-state index in [1.165, 1.54) is 0 Å². The molecule has 0 aliphatic rings. The number of fused-ring (bicyclic) bond motifs is 1. The molecule has 5 nitrogen and oxygen atoms in total. The zero-order valence-corrected chi connectivity index (χ0v) is 12.4. The topological polar surface area (TPSA) is 75.1 Å². The molecular weight excluding hydrogens is 266 g/mol. The van der Waals surface area contributed by atoms with Crippen molar-refractivity contribution in [1.29, 1.82) is 0 Å². The van der Waals surface area contributed by atoms with E-state index in [0.717, 1.165) is 18.4 Å². The molecule has 0 aliphatic carbocycles. The molecule has 2 aromatic rings. The van der Waals surface area contributed by atoms with Crippen molar-refractivity contribution in [2.24, 2.45) is 5.92 Å². The largest absolute Gasteiger partial charge is 0.391 e. The normalized spacial score (nSPS) is 12.6. The van der Waals surface area contributed by atoms with Gasteiger partial charge in [0.1, 0.15) is 0 Å². The van der Waals surface area contributed by atoms with Gasteiger partial charge in [-0.2, -0.15) is 0 Å². The molecule has 2 N–H and O–H groups in total. The van der Waals surface area contributed by atoms with E-state index in [1.807, 2.05) is 13.8 Å². The number of carbonyl (C=O) groups excluding carboxylic acids is 1. The maximum Gasteiger partial charge on any atom is 0.251 e. The van der Waals surface area contributed by atoms with Gasteiger partial charge in [-0.1, -0.05) is 26.7 Å². The Morgan fingerprint density at radius 1 is 1.19 bits per heavy atom. The van der Waals surface area contributed by atoms with Crippen LogP contribution in [0, 0.1) is 5.92 Å². The Hall–Kier alpha value is -2.01. The Morgan fingerprint density at radius 2 is 1.86 bits per heavy atom. The van der Waals surface area contributed by atoms with E-state index >= 15 is 0 Å². The van der Waals surface area contributed by atoms with E-state index in [-0.39, 0.29) is 18.4 Å². The molecule has 0 fully saturated rings. The highest BCUT2D eigenvalue weighted by Gasteiger charge is 2.16. The van der Waals surface area contributed by atoms with Crippen LogP contribution in [0.25, 0.3) is 11.0 Å². The number of nitrogens with one attached hydrogen (secondary N) is 1. The Balaban J connectivity index is 2.02. The number of amides is 1. The van der Waals surface area contributed by atoms with Gasteiger partial charge in [0.15, 0.2) is 0 Å². The number of aliphatic hydroxyl groups excluding tert-OH is 1. The van der Waals surface area contributed by atoms with Gasteiger partial charge >= 0.3 is 0 Å². The highest BCUT2D eigenvalue weighted by atomic mass is 16.3. The van der Waals surface area contributed by atoms with E-state index < -0.39 is 6.10 Å². The summed E-state index contributed by atoms with van der Waals surface area (Å²) in [6.07, 6.45) is 4.51. The smallest absolute Gasteiger partial charge is 0.251 e. The molecule has 1 amide bonds. The van der Waals surface area contributed by atoms with Crippen LogP contribution in [-0.2, 0) is 0 Å². The van der Waals surface area contributed by atoms with E-state index in [9.17, 15) is 9.90 Å². The highest BCUT2D eigenvalue weighted by molar-refractivity contribution is 5.97. The molecule has 0 spiro atoms. The first-order valence-corrected chi connectivity index (χ1v) is 7.32. The van der Waals surface area contributed by atoms with Gasteiger partial charge in [0.2, 0.25) is 0 Å². The van der Waals surface area contributed by atoms with E-state index in [0.29, 0.717) is 11.1 Å². The summed E-state index contributed by atoms with van der Waals surface area (Å²) in [7, 11) is 0. The summed E-state index contributed by atoms with van der Waals surface area (Å²) >= 11 is 0. The molecule has 0 radical (unpaired) electrons. The van der Waals surface area contributed by atoms with Crippen molar-refractivity contribution in [2.45, 2.75) is 32.8 Å². The van der Waals surface area contributed by atoms with Gasteiger partial charge in [0.05, 0.1) is 17.1 Å². The van der Waals surface area contributed by atoms with Crippen LogP contribution in [0.1, 0.15) is 37.0 Å². The minimum atomic E-state index is -0.510. The van der Waals surface area contributed by atoms with Crippen LogP contribution in [0.2, 0.25) is 0 Å². The van der Waals surface area contributed by atoms with E-state index in [4.69, 9.17) is 0 Å². The second-order valence-electron chi connectivity index (χ2n) is 5.11. The molecule has 0 bridgehead atoms. The van der Waals surface area contributed by atoms with Crippen LogP contribution in [0.5, 0.6) is 0 Å². The number of hydrogen-bond donors (Lipinski definition) is 2. The SMILES string of the molecule is CCC(CC)C(O)CNC(=O)c1ccc2nccnc2c1. The maximum absolute atomic E-state index is 12.1. The second kappa shape index (κ2) is 7.13. The first kappa shape index (κ1) is 15.4. The average Bonchev–Trinajstić information content (AvgIpc) is 2.53. The monoisotopic (exact) mass is 287 g/mol. The lowest BCUT2D eigenvalue weighted by Crippen LogP contribution is -2.36. The van der Waals surface area contributed by atoms with Gasteiger partial charge < -0.3 is 10.4 Å². The van der Waals surface area contributed by atoms with Crippen LogP contribution in [-0.4, -0.2) is 33.6 Å². The standard InChI is InChI=1S/C16H21N3O2/c1-3-11(4-2)15(20)10-19-16(21)12-5-6-13-14(9-12)18-8-7-17-13/h5-9,11,15,20H,3-4,10H2,1-2H3,(H,19,21). The van der Waals surface area contributed by atoms with Crippen molar-refractivity contribution < 1.29 is 9.90 Å². The number of rotatable bonds is 6. The highest BCUT2D eigenvalue weighted by Crippen LogP contribution is 2.13. The molecule has 21 heavy (non-hydrogen) atoms. The summed E-state index contributed by atoms with van der Waals surface area (Å²) in [5, 5.41) is 12.8. The molecular formula is C16H21N3O2. The zero-order valence-electron chi connectivity index (χ0n) is 12.4. The first-order chi connectivity index (χ1) is 10.2. The summed E-state index contributed by atoms with van der Waals surface area (Å²) in [6.45, 7) is 4.35. The fourth-order valence-electron chi connectivity index (χ4n) is 2.40. The number of benzene rings is 1. The summed E-state index contributed by atoms with van der Waals surface area (Å²) in [4.78, 5) is 20.5. The van der Waals surface area contributed by atoms with Crippen LogP contribution >= 0.6 is 0 Å². The quantitative estimate of drug-likeness (QED) is 0.853. The van der Waals surface area contributed by atoms with Crippen molar-refractivity contribution in [3.8, 4) is 0 Å². The average molecular weight is 287 g/mol. The molecule has 1 aromatic carbocycles. The fraction of sp³-hybridized carbons (Fsp3) is 0.438. The van der Waals surface area contributed by atoms with Gasteiger partial charge in [-0.3, -0.25) is 14.8 Å². The van der Waals surface area contributed by atoms with E-state index in [1.54, 1.807) is 30.6 Å². The molecule has 1 heterocycles. The van der Waals surface area contributed by atoms with Gasteiger partial charge in [-0.05, 0) is 24.1 Å². The predicted molar refractivity (Wildman–Crippen MR) is 82.0 cm³/mol. The van der Waals surface area contributed by atoms with Gasteiger partial charge in [-0.25, -0.2) is 0 Å². The molecule has 1 atom stereocenters. The first-order valence-electron chi connectivity index (χ1n) is 7.32. The maximum atomic E-state index is 12.1. The Labute approximate surface area is 124 Å². The van der Waals surface area contributed by atoms with Crippen LogP contribution in [0.4, 0.5) is 0 Å². The summed E-state index contributed by atoms with van der Waals surface area (Å²) in [5.41, 5.74) is 1.97. The van der Waals surface area contributed by atoms with Crippen molar-refractivity contribution in [3.63, 3.8) is 0 Å². The number of aromatic nitrogens is 2. The predicted octanol–water partition coefficient (Wildman–Crippen LogP) is 2.16. The Bertz CT molecular complexity index is 611. The molecule has 112 valence electrons. The third-order valence-corrected chi connectivity index (χ3v) is 3.80. The summed E-state index contributed by atoms with van der Waals surface area (Å²) < 4.78 is 0. The van der Waals surface area contributed by atoms with Gasteiger partial charge in [0, 0.05) is 24.5 Å². The molecule has 5 heteroatoms. The van der Waals surface area contributed by atoms with Crippen molar-refractivity contribution in [3.05, 3.63) is 36.2 Å². The van der Waals surface area contributed by atoms with E-state index in [2.05, 4.69) is 15.3 Å². The van der Waals surface area contributed by atoms with Crippen molar-refractivity contribution in [2.75, 3.05) is 6.54 Å². The molecule has 0 saturated heterocycles. The molecule has 0 saturated carbocycles.